The molecule has 0 saturated heterocycles. The SMILES string of the molecule is Cc1cc(/C=C/C(=O)c2c(C)c(C)c(C)c(C)c2C)cc(C)c1OC(C)(C)C(=O)O. The number of allylic oxidation sites excluding steroid dienone is 1. The van der Waals surface area contributed by atoms with E-state index in [0.717, 1.165) is 44.5 Å². The Labute approximate surface area is 179 Å². The molecule has 0 saturated carbocycles. The number of carboxylic acids is 1. The van der Waals surface area contributed by atoms with E-state index in [1.807, 2.05) is 39.8 Å². The fourth-order valence-corrected chi connectivity index (χ4v) is 3.66. The summed E-state index contributed by atoms with van der Waals surface area (Å²) in [5.41, 5.74) is 7.56. The van der Waals surface area contributed by atoms with Gasteiger partial charge in [0.2, 0.25) is 0 Å². The zero-order chi connectivity index (χ0) is 23.0. The van der Waals surface area contributed by atoms with Crippen molar-refractivity contribution >= 4 is 17.8 Å². The predicted molar refractivity (Wildman–Crippen MR) is 122 cm³/mol. The van der Waals surface area contributed by atoms with Gasteiger partial charge in [-0.1, -0.05) is 6.08 Å². The molecule has 0 radical (unpaired) electrons. The summed E-state index contributed by atoms with van der Waals surface area (Å²) >= 11 is 0. The summed E-state index contributed by atoms with van der Waals surface area (Å²) in [6, 6.07) is 3.80. The smallest absolute Gasteiger partial charge is 0.347 e. The molecule has 2 aromatic carbocycles. The van der Waals surface area contributed by atoms with Gasteiger partial charge in [0.25, 0.3) is 0 Å². The van der Waals surface area contributed by atoms with Gasteiger partial charge in [-0.15, -0.1) is 0 Å². The average Bonchev–Trinajstić information content (AvgIpc) is 2.66. The Balaban J connectivity index is 2.38. The highest BCUT2D eigenvalue weighted by atomic mass is 16.5. The Morgan fingerprint density at radius 3 is 1.70 bits per heavy atom. The van der Waals surface area contributed by atoms with E-state index in [2.05, 4.69) is 20.8 Å². The Morgan fingerprint density at radius 2 is 1.27 bits per heavy atom. The van der Waals surface area contributed by atoms with E-state index in [-0.39, 0.29) is 5.78 Å². The standard InChI is InChI=1S/C26H32O4/c1-14-12-21(13-15(2)24(14)30-26(8,9)25(28)29)10-11-22(27)23-19(6)17(4)16(3)18(5)20(23)7/h10-13H,1-9H3,(H,28,29)/b11-10+. The molecule has 160 valence electrons. The average molecular weight is 409 g/mol. The Kier molecular flexibility index (Phi) is 6.60. The molecule has 2 aromatic rings. The molecule has 0 atom stereocenters. The first-order chi connectivity index (χ1) is 13.8. The van der Waals surface area contributed by atoms with E-state index in [9.17, 15) is 14.7 Å². The number of carboxylic acid groups (broad SMARTS) is 1. The van der Waals surface area contributed by atoms with Crippen molar-refractivity contribution in [2.75, 3.05) is 0 Å². The fraction of sp³-hybridized carbons (Fsp3) is 0.385. The lowest BCUT2D eigenvalue weighted by molar-refractivity contribution is -0.152. The van der Waals surface area contributed by atoms with E-state index >= 15 is 0 Å². The molecule has 1 N–H and O–H groups in total. The quantitative estimate of drug-likeness (QED) is 0.471. The summed E-state index contributed by atoms with van der Waals surface area (Å²) in [6.45, 7) is 17.0. The van der Waals surface area contributed by atoms with Gasteiger partial charge in [-0.25, -0.2) is 4.79 Å². The fourth-order valence-electron chi connectivity index (χ4n) is 3.66. The van der Waals surface area contributed by atoms with Crippen LogP contribution in [0.15, 0.2) is 18.2 Å². The summed E-state index contributed by atoms with van der Waals surface area (Å²) in [5, 5.41) is 9.32. The van der Waals surface area contributed by atoms with Crippen LogP contribution in [0.3, 0.4) is 0 Å². The number of ether oxygens (including phenoxy) is 1. The molecular formula is C26H32O4. The first-order valence-corrected chi connectivity index (χ1v) is 10.1. The largest absolute Gasteiger partial charge is 0.478 e. The third kappa shape index (κ3) is 4.48. The first-order valence-electron chi connectivity index (χ1n) is 10.1. The van der Waals surface area contributed by atoms with Crippen LogP contribution in [-0.2, 0) is 4.79 Å². The van der Waals surface area contributed by atoms with E-state index in [0.29, 0.717) is 5.75 Å². The lowest BCUT2D eigenvalue weighted by Gasteiger charge is -2.24. The van der Waals surface area contributed by atoms with Crippen molar-refractivity contribution in [3.05, 3.63) is 68.3 Å². The molecular weight excluding hydrogens is 376 g/mol. The number of rotatable bonds is 6. The van der Waals surface area contributed by atoms with E-state index in [1.165, 1.54) is 19.4 Å². The normalized spacial score (nSPS) is 11.8. The van der Waals surface area contributed by atoms with Crippen LogP contribution in [0.5, 0.6) is 5.75 Å². The minimum atomic E-state index is -1.32. The van der Waals surface area contributed by atoms with Gasteiger partial charge in [-0.3, -0.25) is 4.79 Å². The van der Waals surface area contributed by atoms with Crippen molar-refractivity contribution in [1.82, 2.24) is 0 Å². The molecule has 0 spiro atoms. The lowest BCUT2D eigenvalue weighted by Crippen LogP contribution is -2.38. The van der Waals surface area contributed by atoms with Crippen molar-refractivity contribution in [1.29, 1.82) is 0 Å². The Hall–Kier alpha value is -2.88. The third-order valence-corrected chi connectivity index (χ3v) is 6.03. The van der Waals surface area contributed by atoms with Gasteiger partial charge in [-0.05, 0) is 125 Å². The number of hydrogen-bond acceptors (Lipinski definition) is 3. The maximum Gasteiger partial charge on any atom is 0.347 e. The minimum Gasteiger partial charge on any atom is -0.478 e. The summed E-state index contributed by atoms with van der Waals surface area (Å²) in [7, 11) is 0. The van der Waals surface area contributed by atoms with Gasteiger partial charge in [0, 0.05) is 5.56 Å². The Bertz CT molecular complexity index is 1000. The molecule has 0 unspecified atom stereocenters. The van der Waals surface area contributed by atoms with Crippen molar-refractivity contribution < 1.29 is 19.4 Å². The summed E-state index contributed by atoms with van der Waals surface area (Å²) < 4.78 is 5.75. The second-order valence-electron chi connectivity index (χ2n) is 8.60. The molecule has 0 heterocycles. The van der Waals surface area contributed by atoms with Crippen LogP contribution in [-0.4, -0.2) is 22.5 Å². The van der Waals surface area contributed by atoms with Crippen molar-refractivity contribution in [2.45, 2.75) is 67.9 Å². The molecule has 0 fully saturated rings. The molecule has 4 nitrogen and oxygen atoms in total. The number of ketones is 1. The number of carbonyl (C=O) groups is 2. The number of carbonyl (C=O) groups excluding carboxylic acids is 1. The van der Waals surface area contributed by atoms with Crippen LogP contribution in [0.2, 0.25) is 0 Å². The van der Waals surface area contributed by atoms with Gasteiger partial charge in [0.1, 0.15) is 5.75 Å². The van der Waals surface area contributed by atoms with Crippen LogP contribution >= 0.6 is 0 Å². The van der Waals surface area contributed by atoms with Gasteiger partial charge in [-0.2, -0.15) is 0 Å². The topological polar surface area (TPSA) is 63.6 Å². The van der Waals surface area contributed by atoms with E-state index in [1.54, 1.807) is 12.2 Å². The predicted octanol–water partition coefficient (Wildman–Crippen LogP) is 5.98. The molecule has 0 aliphatic carbocycles. The number of aliphatic carboxylic acids is 1. The van der Waals surface area contributed by atoms with Crippen LogP contribution in [0.25, 0.3) is 6.08 Å². The lowest BCUT2D eigenvalue weighted by atomic mass is 9.87. The zero-order valence-electron chi connectivity index (χ0n) is 19.5. The monoisotopic (exact) mass is 408 g/mol. The minimum absolute atomic E-state index is 0.0150. The van der Waals surface area contributed by atoms with Gasteiger partial charge in [0.05, 0.1) is 0 Å². The van der Waals surface area contributed by atoms with Gasteiger partial charge in [0.15, 0.2) is 11.4 Å². The Morgan fingerprint density at radius 1 is 0.833 bits per heavy atom. The number of aryl methyl sites for hydroxylation is 2. The molecule has 0 aliphatic rings. The van der Waals surface area contributed by atoms with Crippen LogP contribution in [0, 0.1) is 48.5 Å². The molecule has 0 bridgehead atoms. The molecule has 0 aromatic heterocycles. The summed E-state index contributed by atoms with van der Waals surface area (Å²) in [6.07, 6.45) is 3.41. The van der Waals surface area contributed by atoms with Crippen LogP contribution in [0.4, 0.5) is 0 Å². The molecule has 2 rings (SSSR count). The van der Waals surface area contributed by atoms with E-state index < -0.39 is 11.6 Å². The van der Waals surface area contributed by atoms with Crippen LogP contribution < -0.4 is 4.74 Å². The van der Waals surface area contributed by atoms with Gasteiger partial charge >= 0.3 is 5.97 Å². The van der Waals surface area contributed by atoms with Crippen molar-refractivity contribution in [3.8, 4) is 5.75 Å². The molecule has 0 amide bonds. The number of hydrogen-bond donors (Lipinski definition) is 1. The molecule has 30 heavy (non-hydrogen) atoms. The van der Waals surface area contributed by atoms with E-state index in [4.69, 9.17) is 4.74 Å². The number of benzene rings is 2. The highest BCUT2D eigenvalue weighted by Gasteiger charge is 2.30. The molecule has 0 aliphatic heterocycles. The first kappa shape index (κ1) is 23.4. The highest BCUT2D eigenvalue weighted by Crippen LogP contribution is 2.30. The highest BCUT2D eigenvalue weighted by molar-refractivity contribution is 6.09. The molecule has 4 heteroatoms. The maximum atomic E-state index is 13.0. The van der Waals surface area contributed by atoms with Crippen molar-refractivity contribution in [3.63, 3.8) is 0 Å². The van der Waals surface area contributed by atoms with Gasteiger partial charge < -0.3 is 9.84 Å². The third-order valence-electron chi connectivity index (χ3n) is 6.03. The second kappa shape index (κ2) is 8.47. The second-order valence-corrected chi connectivity index (χ2v) is 8.60. The summed E-state index contributed by atoms with van der Waals surface area (Å²) in [4.78, 5) is 24.4. The maximum absolute atomic E-state index is 13.0. The zero-order valence-corrected chi connectivity index (χ0v) is 19.5. The summed E-state index contributed by atoms with van der Waals surface area (Å²) in [5.74, 6) is -0.480. The van der Waals surface area contributed by atoms with Crippen LogP contribution in [0.1, 0.15) is 68.7 Å². The van der Waals surface area contributed by atoms with Crippen molar-refractivity contribution in [2.24, 2.45) is 0 Å².